The first kappa shape index (κ1) is 32.7. The fourth-order valence-electron chi connectivity index (χ4n) is 4.78. The van der Waals surface area contributed by atoms with Crippen molar-refractivity contribution in [2.75, 3.05) is 21.3 Å². The summed E-state index contributed by atoms with van der Waals surface area (Å²) in [6, 6.07) is 0. The monoisotopic (exact) mass is 560 g/mol. The van der Waals surface area contributed by atoms with Crippen LogP contribution in [0.25, 0.3) is 0 Å². The van der Waals surface area contributed by atoms with Gasteiger partial charge in [0.25, 0.3) is 5.91 Å². The van der Waals surface area contributed by atoms with E-state index in [4.69, 9.17) is 24.7 Å². The maximum Gasteiger partial charge on any atom is 0.405 e. The van der Waals surface area contributed by atoms with Crippen molar-refractivity contribution in [1.29, 1.82) is 0 Å². The highest BCUT2D eigenvalue weighted by atomic mass is 16.6. The van der Waals surface area contributed by atoms with E-state index in [-0.39, 0.29) is 34.9 Å². The molecule has 220 valence electrons. The predicted molar refractivity (Wildman–Crippen MR) is 147 cm³/mol. The molecule has 0 saturated carbocycles. The lowest BCUT2D eigenvalue weighted by Crippen LogP contribution is -2.37. The summed E-state index contributed by atoms with van der Waals surface area (Å²) >= 11 is 0. The van der Waals surface area contributed by atoms with Gasteiger partial charge in [-0.1, -0.05) is 38.2 Å². The molecule has 6 atom stereocenters. The van der Waals surface area contributed by atoms with Crippen molar-refractivity contribution in [3.05, 3.63) is 58.6 Å². The molecule has 0 spiro atoms. The zero-order valence-corrected chi connectivity index (χ0v) is 24.1. The van der Waals surface area contributed by atoms with Gasteiger partial charge in [-0.25, -0.2) is 4.79 Å². The normalized spacial score (nSPS) is 32.7. The summed E-state index contributed by atoms with van der Waals surface area (Å²) in [5.41, 5.74) is 6.12. The Bertz CT molecular complexity index is 1150. The van der Waals surface area contributed by atoms with Crippen LogP contribution in [0.5, 0.6) is 0 Å². The lowest BCUT2D eigenvalue weighted by atomic mass is 9.85. The van der Waals surface area contributed by atoms with Gasteiger partial charge in [-0.3, -0.25) is 14.4 Å². The first-order valence-corrected chi connectivity index (χ1v) is 13.0. The van der Waals surface area contributed by atoms with Crippen LogP contribution < -0.4 is 11.1 Å². The van der Waals surface area contributed by atoms with E-state index >= 15 is 0 Å². The van der Waals surface area contributed by atoms with Crippen molar-refractivity contribution < 1.29 is 43.2 Å². The molecule has 1 aliphatic carbocycles. The van der Waals surface area contributed by atoms with Gasteiger partial charge < -0.3 is 35.1 Å². The number of primary amides is 1. The third-order valence-corrected chi connectivity index (χ3v) is 6.95. The van der Waals surface area contributed by atoms with Gasteiger partial charge >= 0.3 is 6.09 Å². The lowest BCUT2D eigenvalue weighted by Gasteiger charge is -2.29. The summed E-state index contributed by atoms with van der Waals surface area (Å²) in [5.74, 6) is -2.39. The molecular formula is C29H40N2O9. The van der Waals surface area contributed by atoms with Gasteiger partial charge in [0, 0.05) is 37.4 Å². The Morgan fingerprint density at radius 3 is 2.35 bits per heavy atom. The molecule has 0 aromatic rings. The number of carbonyl (C=O) groups excluding carboxylic acids is 4. The van der Waals surface area contributed by atoms with Crippen LogP contribution in [0.2, 0.25) is 0 Å². The minimum Gasteiger partial charge on any atom is -0.492 e. The topological polar surface area (TPSA) is 163 Å². The second-order valence-electron chi connectivity index (χ2n) is 10.1. The Hall–Kier alpha value is -3.54. The number of fused-ring (bicyclic) bond motifs is 2. The van der Waals surface area contributed by atoms with Crippen LogP contribution in [-0.4, -0.2) is 74.4 Å². The summed E-state index contributed by atoms with van der Waals surface area (Å²) in [6.07, 6.45) is 3.61. The molecule has 0 unspecified atom stereocenters. The summed E-state index contributed by atoms with van der Waals surface area (Å²) in [5, 5.41) is 13.7. The summed E-state index contributed by atoms with van der Waals surface area (Å²) in [4.78, 5) is 50.6. The quantitative estimate of drug-likeness (QED) is 0.346. The average Bonchev–Trinajstić information content (AvgIpc) is 2.90. The van der Waals surface area contributed by atoms with E-state index in [1.165, 1.54) is 34.3 Å². The number of ketones is 2. The highest BCUT2D eigenvalue weighted by molar-refractivity contribution is 6.23. The smallest absolute Gasteiger partial charge is 0.405 e. The summed E-state index contributed by atoms with van der Waals surface area (Å²) in [6.45, 7) is 6.92. The molecule has 2 rings (SSSR count). The van der Waals surface area contributed by atoms with Crippen LogP contribution >= 0.6 is 0 Å². The van der Waals surface area contributed by atoms with Crippen molar-refractivity contribution >= 4 is 23.6 Å². The van der Waals surface area contributed by atoms with Crippen LogP contribution in [-0.2, 0) is 33.3 Å². The Labute approximate surface area is 234 Å². The van der Waals surface area contributed by atoms with E-state index in [9.17, 15) is 24.3 Å². The van der Waals surface area contributed by atoms with Gasteiger partial charge in [0.15, 0.2) is 11.9 Å². The Balaban J connectivity index is 2.60. The molecule has 11 heteroatoms. The first-order valence-electron chi connectivity index (χ1n) is 13.0. The van der Waals surface area contributed by atoms with E-state index in [1.807, 2.05) is 6.92 Å². The number of amides is 2. The number of ether oxygens (including phenoxy) is 4. The van der Waals surface area contributed by atoms with Crippen molar-refractivity contribution in [3.8, 4) is 0 Å². The Morgan fingerprint density at radius 2 is 1.77 bits per heavy atom. The van der Waals surface area contributed by atoms with Gasteiger partial charge in [-0.15, -0.1) is 0 Å². The Kier molecular flexibility index (Phi) is 12.0. The second kappa shape index (κ2) is 14.7. The van der Waals surface area contributed by atoms with E-state index in [1.54, 1.807) is 32.1 Å². The van der Waals surface area contributed by atoms with Crippen LogP contribution in [0.1, 0.15) is 40.5 Å². The van der Waals surface area contributed by atoms with E-state index < -0.39 is 53.9 Å². The molecule has 0 radical (unpaired) electrons. The van der Waals surface area contributed by atoms with Crippen molar-refractivity contribution in [3.63, 3.8) is 0 Å². The minimum absolute atomic E-state index is 0.0801. The molecule has 0 aromatic heterocycles. The molecule has 11 nitrogen and oxygen atoms in total. The number of methoxy groups -OCH3 is 3. The average molecular weight is 561 g/mol. The van der Waals surface area contributed by atoms with Crippen molar-refractivity contribution in [2.45, 2.75) is 65.0 Å². The van der Waals surface area contributed by atoms with Crippen LogP contribution in [0.4, 0.5) is 4.79 Å². The number of aliphatic hydroxyl groups excluding tert-OH is 1. The number of hydrogen-bond donors (Lipinski definition) is 3. The van der Waals surface area contributed by atoms with E-state index in [0.29, 0.717) is 12.0 Å². The molecule has 1 heterocycles. The molecule has 1 aliphatic heterocycles. The van der Waals surface area contributed by atoms with Crippen molar-refractivity contribution in [2.24, 2.45) is 17.6 Å². The molecule has 0 saturated heterocycles. The summed E-state index contributed by atoms with van der Waals surface area (Å²) in [7, 11) is 4.21. The molecule has 0 aromatic carbocycles. The standard InChI is InChI=1S/C29H40N2O9/c1-15-11-19-25(34)20(14-21(32)27(19)39-7)31-28(35)16(2)9-8-10-22(37-5)26(40-29(30)36)18(4)13-17(3)24(33)23(12-15)38-6/h8-10,13-15,17,22-24,26,33H,11-12H2,1-7H3,(H2,30,36)(H,31,35)/b10-8-,16-9+,18-13+/t15-,17-,22-,23-,24+,26-/m1/s1. The molecule has 2 bridgehead atoms. The predicted octanol–water partition coefficient (Wildman–Crippen LogP) is 2.41. The molecule has 4 N–H and O–H groups in total. The maximum absolute atomic E-state index is 13.3. The number of nitrogens with one attached hydrogen (secondary N) is 1. The lowest BCUT2D eigenvalue weighted by molar-refractivity contribution is -0.120. The van der Waals surface area contributed by atoms with Gasteiger partial charge in [-0.05, 0) is 38.2 Å². The Morgan fingerprint density at radius 1 is 1.10 bits per heavy atom. The third-order valence-electron chi connectivity index (χ3n) is 6.95. The van der Waals surface area contributed by atoms with Gasteiger partial charge in [-0.2, -0.15) is 0 Å². The van der Waals surface area contributed by atoms with E-state index in [0.717, 1.165) is 6.08 Å². The van der Waals surface area contributed by atoms with Crippen molar-refractivity contribution in [1.82, 2.24) is 5.32 Å². The fraction of sp³-hybridized carbons (Fsp3) is 0.517. The third kappa shape index (κ3) is 8.23. The largest absolute Gasteiger partial charge is 0.492 e. The molecule has 2 aliphatic rings. The van der Waals surface area contributed by atoms with Gasteiger partial charge in [0.05, 0.1) is 25.0 Å². The van der Waals surface area contributed by atoms with Gasteiger partial charge in [0.1, 0.15) is 6.10 Å². The number of aliphatic hydroxyl groups is 1. The van der Waals surface area contributed by atoms with Crippen LogP contribution in [0.15, 0.2) is 58.6 Å². The number of Topliss-reactive ketones (excluding diaryl/α,β-unsaturated/α-hetero) is 1. The molecule has 2 amide bonds. The van der Waals surface area contributed by atoms with Gasteiger partial charge in [0.2, 0.25) is 11.6 Å². The molecular weight excluding hydrogens is 520 g/mol. The first-order chi connectivity index (χ1) is 18.8. The number of allylic oxidation sites excluding steroid dienone is 4. The molecule has 0 fully saturated rings. The second-order valence-corrected chi connectivity index (χ2v) is 10.1. The van der Waals surface area contributed by atoms with E-state index in [2.05, 4.69) is 5.32 Å². The highest BCUT2D eigenvalue weighted by Crippen LogP contribution is 2.29. The van der Waals surface area contributed by atoms with Crippen LogP contribution in [0.3, 0.4) is 0 Å². The SMILES string of the molecule is COC1=C2C[C@@H](C)C[C@@H](OC)[C@@H](O)[C@H](C)/C=C(\C)[C@@H](OC(N)=O)[C@H](OC)/C=C\C=C(/C)C(=O)NC(=CC1=O)C2=O. The number of rotatable bonds is 4. The zero-order valence-electron chi connectivity index (χ0n) is 24.1. The number of hydrogen-bond acceptors (Lipinski definition) is 9. The maximum atomic E-state index is 13.3. The fourth-order valence-corrected chi connectivity index (χ4v) is 4.78. The number of carbonyl (C=O) groups is 4. The molecule has 40 heavy (non-hydrogen) atoms. The summed E-state index contributed by atoms with van der Waals surface area (Å²) < 4.78 is 21.7. The zero-order chi connectivity index (χ0) is 30.1. The highest BCUT2D eigenvalue weighted by Gasteiger charge is 2.34. The minimum atomic E-state index is -1.00. The number of nitrogens with two attached hydrogens (primary N) is 1. The van der Waals surface area contributed by atoms with Crippen LogP contribution in [0, 0.1) is 11.8 Å².